The average Bonchev–Trinajstić information content (AvgIpc) is 2.28. The van der Waals surface area contributed by atoms with Gasteiger partial charge in [0.05, 0.1) is 0 Å². The zero-order valence-corrected chi connectivity index (χ0v) is 10.4. The van der Waals surface area contributed by atoms with Crippen molar-refractivity contribution in [1.29, 1.82) is 0 Å². The maximum Gasteiger partial charge on any atom is 0.339 e. The monoisotopic (exact) mass is 262 g/mol. The van der Waals surface area contributed by atoms with Crippen molar-refractivity contribution in [2.75, 3.05) is 0 Å². The number of phenols is 1. The third-order valence-corrected chi connectivity index (χ3v) is 2.98. The van der Waals surface area contributed by atoms with Gasteiger partial charge in [-0.05, 0) is 36.2 Å². The average molecular weight is 263 g/mol. The first-order chi connectivity index (χ1) is 8.49. The van der Waals surface area contributed by atoms with Gasteiger partial charge >= 0.3 is 5.97 Å². The lowest BCUT2D eigenvalue weighted by atomic mass is 10.0. The lowest BCUT2D eigenvalue weighted by molar-refractivity contribution is 0.0694. The van der Waals surface area contributed by atoms with Crippen LogP contribution < -0.4 is 0 Å². The summed E-state index contributed by atoms with van der Waals surface area (Å²) in [4.78, 5) is 10.8. The molecular weight excluding hydrogens is 252 g/mol. The fourth-order valence-electron chi connectivity index (χ4n) is 1.73. The number of aryl methyl sites for hydroxylation is 1. The number of aromatic carboxylic acids is 1. The summed E-state index contributed by atoms with van der Waals surface area (Å²) in [6, 6.07) is 9.96. The minimum Gasteiger partial charge on any atom is -0.507 e. The second kappa shape index (κ2) is 4.70. The van der Waals surface area contributed by atoms with E-state index < -0.39 is 5.97 Å². The van der Waals surface area contributed by atoms with Crippen LogP contribution in [0.3, 0.4) is 0 Å². The number of carboxylic acids is 1. The van der Waals surface area contributed by atoms with Gasteiger partial charge in [0.2, 0.25) is 0 Å². The molecule has 0 heterocycles. The molecule has 0 aliphatic heterocycles. The van der Waals surface area contributed by atoms with Gasteiger partial charge in [-0.1, -0.05) is 29.8 Å². The van der Waals surface area contributed by atoms with E-state index >= 15 is 0 Å². The van der Waals surface area contributed by atoms with Crippen molar-refractivity contribution in [3.05, 3.63) is 52.5 Å². The van der Waals surface area contributed by atoms with Crippen LogP contribution in [0.15, 0.2) is 36.4 Å². The fraction of sp³-hybridized carbons (Fsp3) is 0.0714. The SMILES string of the molecule is Cc1ccc(-c2ccc(C(=O)O)c(O)c2)c(Cl)c1. The van der Waals surface area contributed by atoms with Crippen molar-refractivity contribution in [2.45, 2.75) is 6.92 Å². The van der Waals surface area contributed by atoms with Crippen molar-refractivity contribution >= 4 is 17.6 Å². The smallest absolute Gasteiger partial charge is 0.339 e. The number of hydrogen-bond acceptors (Lipinski definition) is 2. The van der Waals surface area contributed by atoms with Gasteiger partial charge in [0.1, 0.15) is 11.3 Å². The molecule has 0 aromatic heterocycles. The van der Waals surface area contributed by atoms with Crippen LogP contribution in [0.2, 0.25) is 5.02 Å². The molecule has 92 valence electrons. The number of hydrogen-bond donors (Lipinski definition) is 2. The topological polar surface area (TPSA) is 57.5 Å². The predicted molar refractivity (Wildman–Crippen MR) is 70.2 cm³/mol. The van der Waals surface area contributed by atoms with Crippen LogP contribution in [-0.2, 0) is 0 Å². The first-order valence-corrected chi connectivity index (χ1v) is 5.69. The van der Waals surface area contributed by atoms with Crippen LogP contribution in [0.25, 0.3) is 11.1 Å². The normalized spacial score (nSPS) is 10.3. The first kappa shape index (κ1) is 12.5. The Balaban J connectivity index is 2.52. The molecule has 0 aliphatic carbocycles. The Hall–Kier alpha value is -2.00. The Morgan fingerprint density at radius 2 is 1.89 bits per heavy atom. The Bertz CT molecular complexity index is 620. The maximum atomic E-state index is 10.8. The zero-order valence-electron chi connectivity index (χ0n) is 9.64. The third-order valence-electron chi connectivity index (χ3n) is 2.66. The minimum atomic E-state index is -1.16. The van der Waals surface area contributed by atoms with E-state index in [2.05, 4.69) is 0 Å². The van der Waals surface area contributed by atoms with Crippen molar-refractivity contribution in [3.63, 3.8) is 0 Å². The highest BCUT2D eigenvalue weighted by Crippen LogP contribution is 2.32. The summed E-state index contributed by atoms with van der Waals surface area (Å²) < 4.78 is 0. The standard InChI is InChI=1S/C14H11ClO3/c1-8-2-4-10(12(15)6-8)9-3-5-11(14(17)18)13(16)7-9/h2-7,16H,1H3,(H,17,18). The molecule has 0 saturated heterocycles. The predicted octanol–water partition coefficient (Wildman–Crippen LogP) is 3.72. The number of benzene rings is 2. The molecule has 2 aromatic carbocycles. The van der Waals surface area contributed by atoms with Gasteiger partial charge in [0.15, 0.2) is 0 Å². The molecule has 0 spiro atoms. The molecule has 2 rings (SSSR count). The highest BCUT2D eigenvalue weighted by atomic mass is 35.5. The van der Waals surface area contributed by atoms with Gasteiger partial charge in [0, 0.05) is 10.6 Å². The van der Waals surface area contributed by atoms with Crippen LogP contribution in [0.1, 0.15) is 15.9 Å². The van der Waals surface area contributed by atoms with E-state index in [1.54, 1.807) is 6.07 Å². The molecule has 0 aliphatic rings. The zero-order chi connectivity index (χ0) is 13.3. The van der Waals surface area contributed by atoms with Gasteiger partial charge in [-0.3, -0.25) is 0 Å². The number of aromatic hydroxyl groups is 1. The highest BCUT2D eigenvalue weighted by Gasteiger charge is 2.11. The van der Waals surface area contributed by atoms with Crippen molar-refractivity contribution < 1.29 is 15.0 Å². The Kier molecular flexibility index (Phi) is 3.26. The van der Waals surface area contributed by atoms with E-state index in [1.165, 1.54) is 12.1 Å². The van der Waals surface area contributed by atoms with E-state index in [0.717, 1.165) is 11.1 Å². The molecule has 0 radical (unpaired) electrons. The van der Waals surface area contributed by atoms with Gasteiger partial charge in [-0.15, -0.1) is 0 Å². The highest BCUT2D eigenvalue weighted by molar-refractivity contribution is 6.33. The molecular formula is C14H11ClO3. The van der Waals surface area contributed by atoms with Gasteiger partial charge in [-0.2, -0.15) is 0 Å². The van der Waals surface area contributed by atoms with Gasteiger partial charge in [-0.25, -0.2) is 4.79 Å². The maximum absolute atomic E-state index is 10.8. The molecule has 18 heavy (non-hydrogen) atoms. The summed E-state index contributed by atoms with van der Waals surface area (Å²) in [7, 11) is 0. The van der Waals surface area contributed by atoms with Crippen molar-refractivity contribution in [3.8, 4) is 16.9 Å². The Labute approximate surface area is 109 Å². The largest absolute Gasteiger partial charge is 0.507 e. The quantitative estimate of drug-likeness (QED) is 0.867. The third kappa shape index (κ3) is 2.31. The molecule has 0 atom stereocenters. The second-order valence-corrected chi connectivity index (χ2v) is 4.43. The molecule has 2 aromatic rings. The molecule has 0 unspecified atom stereocenters. The van der Waals surface area contributed by atoms with Crippen LogP contribution in [0.4, 0.5) is 0 Å². The fourth-order valence-corrected chi connectivity index (χ4v) is 2.08. The van der Waals surface area contributed by atoms with E-state index in [1.807, 2.05) is 25.1 Å². The van der Waals surface area contributed by atoms with Crippen molar-refractivity contribution in [1.82, 2.24) is 0 Å². The number of halogens is 1. The van der Waals surface area contributed by atoms with E-state index in [-0.39, 0.29) is 11.3 Å². The number of carboxylic acid groups (broad SMARTS) is 1. The Morgan fingerprint density at radius 3 is 2.44 bits per heavy atom. The van der Waals surface area contributed by atoms with E-state index in [0.29, 0.717) is 10.6 Å². The summed E-state index contributed by atoms with van der Waals surface area (Å²) in [6.07, 6.45) is 0. The van der Waals surface area contributed by atoms with E-state index in [4.69, 9.17) is 16.7 Å². The van der Waals surface area contributed by atoms with E-state index in [9.17, 15) is 9.90 Å². The van der Waals surface area contributed by atoms with Crippen LogP contribution >= 0.6 is 11.6 Å². The number of rotatable bonds is 2. The molecule has 3 nitrogen and oxygen atoms in total. The molecule has 4 heteroatoms. The van der Waals surface area contributed by atoms with Crippen molar-refractivity contribution in [2.24, 2.45) is 0 Å². The first-order valence-electron chi connectivity index (χ1n) is 5.32. The van der Waals surface area contributed by atoms with Gasteiger partial charge in [0.25, 0.3) is 0 Å². The number of carbonyl (C=O) groups is 1. The molecule has 2 N–H and O–H groups in total. The summed E-state index contributed by atoms with van der Waals surface area (Å²) >= 11 is 6.12. The second-order valence-electron chi connectivity index (χ2n) is 4.02. The lowest BCUT2D eigenvalue weighted by Gasteiger charge is -2.07. The molecule has 0 fully saturated rings. The lowest BCUT2D eigenvalue weighted by Crippen LogP contribution is -1.96. The minimum absolute atomic E-state index is 0.123. The van der Waals surface area contributed by atoms with Crippen LogP contribution in [0, 0.1) is 6.92 Å². The summed E-state index contributed by atoms with van der Waals surface area (Å²) in [6.45, 7) is 1.93. The summed E-state index contributed by atoms with van der Waals surface area (Å²) in [5, 5.41) is 19.0. The molecule has 0 saturated carbocycles. The van der Waals surface area contributed by atoms with Crippen LogP contribution in [0.5, 0.6) is 5.75 Å². The Morgan fingerprint density at radius 1 is 1.17 bits per heavy atom. The molecule has 0 bridgehead atoms. The summed E-state index contributed by atoms with van der Waals surface area (Å²) in [5.74, 6) is -1.43. The van der Waals surface area contributed by atoms with Crippen LogP contribution in [-0.4, -0.2) is 16.2 Å². The van der Waals surface area contributed by atoms with Gasteiger partial charge < -0.3 is 10.2 Å². The summed E-state index contributed by atoms with van der Waals surface area (Å²) in [5.41, 5.74) is 2.36. The molecule has 0 amide bonds.